The van der Waals surface area contributed by atoms with Crippen LogP contribution in [0.3, 0.4) is 0 Å². The summed E-state index contributed by atoms with van der Waals surface area (Å²) in [5.41, 5.74) is 5.40. The van der Waals surface area contributed by atoms with Gasteiger partial charge in [0.15, 0.2) is 0 Å². The molecule has 0 spiro atoms. The third-order valence-electron chi connectivity index (χ3n) is 4.04. The van der Waals surface area contributed by atoms with Crippen molar-refractivity contribution >= 4 is 11.9 Å². The molecule has 0 aromatic carbocycles. The zero-order valence-electron chi connectivity index (χ0n) is 12.2. The minimum Gasteiger partial charge on any atom is -0.468 e. The lowest BCUT2D eigenvalue weighted by Gasteiger charge is -2.40. The quantitative estimate of drug-likeness (QED) is 0.738. The number of unbranched alkanes of at least 4 members (excludes halogenated alkanes) is 1. The number of amides is 1. The second-order valence-corrected chi connectivity index (χ2v) is 5.40. The third kappa shape index (κ3) is 4.20. The van der Waals surface area contributed by atoms with Crippen LogP contribution in [-0.2, 0) is 14.3 Å². The molecule has 1 fully saturated rings. The molecular weight excluding hydrogens is 244 g/mol. The van der Waals surface area contributed by atoms with Crippen LogP contribution in [0.4, 0.5) is 0 Å². The molecule has 0 saturated carbocycles. The van der Waals surface area contributed by atoms with Crippen LogP contribution in [-0.4, -0.2) is 42.5 Å². The van der Waals surface area contributed by atoms with E-state index in [1.807, 2.05) is 0 Å². The average Bonchev–Trinajstić information content (AvgIpc) is 2.40. The Kier molecular flexibility index (Phi) is 6.28. The summed E-state index contributed by atoms with van der Waals surface area (Å²) in [4.78, 5) is 25.4. The molecule has 5 heteroatoms. The van der Waals surface area contributed by atoms with E-state index >= 15 is 0 Å². The van der Waals surface area contributed by atoms with Crippen LogP contribution in [0, 0.1) is 5.92 Å². The molecule has 1 heterocycles. The van der Waals surface area contributed by atoms with Crippen molar-refractivity contribution in [3.63, 3.8) is 0 Å². The number of nitrogens with two attached hydrogens (primary N) is 1. The Labute approximate surface area is 115 Å². The molecule has 110 valence electrons. The number of carbonyl (C=O) groups excluding carboxylic acids is 2. The van der Waals surface area contributed by atoms with Crippen LogP contribution < -0.4 is 5.73 Å². The van der Waals surface area contributed by atoms with Gasteiger partial charge < -0.3 is 10.5 Å². The fraction of sp³-hybridized carbons (Fsp3) is 0.857. The van der Waals surface area contributed by atoms with Gasteiger partial charge in [-0.1, -0.05) is 19.8 Å². The van der Waals surface area contributed by atoms with E-state index in [0.29, 0.717) is 6.54 Å². The summed E-state index contributed by atoms with van der Waals surface area (Å²) in [7, 11) is 1.42. The van der Waals surface area contributed by atoms with E-state index in [1.165, 1.54) is 7.11 Å². The van der Waals surface area contributed by atoms with E-state index in [2.05, 4.69) is 18.7 Å². The summed E-state index contributed by atoms with van der Waals surface area (Å²) in [5, 5.41) is 0. The molecule has 0 aromatic rings. The largest absolute Gasteiger partial charge is 0.468 e. The first-order valence-corrected chi connectivity index (χ1v) is 7.14. The van der Waals surface area contributed by atoms with Gasteiger partial charge in [-0.05, 0) is 26.2 Å². The Morgan fingerprint density at radius 3 is 2.63 bits per heavy atom. The van der Waals surface area contributed by atoms with Crippen molar-refractivity contribution in [1.29, 1.82) is 0 Å². The molecule has 1 aliphatic rings. The van der Waals surface area contributed by atoms with Crippen molar-refractivity contribution in [3.05, 3.63) is 0 Å². The summed E-state index contributed by atoms with van der Waals surface area (Å²) < 4.78 is 4.91. The summed E-state index contributed by atoms with van der Waals surface area (Å²) >= 11 is 0. The summed E-state index contributed by atoms with van der Waals surface area (Å²) in [6, 6.07) is 0.0404. The van der Waals surface area contributed by atoms with Crippen molar-refractivity contribution in [2.45, 2.75) is 58.0 Å². The van der Waals surface area contributed by atoms with Crippen LogP contribution in [0.15, 0.2) is 0 Å². The lowest BCUT2D eigenvalue weighted by atomic mass is 9.90. The van der Waals surface area contributed by atoms with Gasteiger partial charge in [0.05, 0.1) is 13.0 Å². The Morgan fingerprint density at radius 2 is 2.11 bits per heavy atom. The monoisotopic (exact) mass is 270 g/mol. The van der Waals surface area contributed by atoms with E-state index in [0.717, 1.165) is 32.1 Å². The predicted octanol–water partition coefficient (Wildman–Crippen LogP) is 1.30. The molecule has 3 unspecified atom stereocenters. The first-order valence-electron chi connectivity index (χ1n) is 7.14. The fourth-order valence-corrected chi connectivity index (χ4v) is 2.75. The molecule has 1 saturated heterocycles. The number of ether oxygens (including phenoxy) is 1. The number of nitrogens with zero attached hydrogens (tertiary/aromatic N) is 1. The number of primary amides is 1. The molecule has 0 aliphatic carbocycles. The average molecular weight is 270 g/mol. The second kappa shape index (κ2) is 7.48. The molecule has 0 radical (unpaired) electrons. The smallest absolute Gasteiger partial charge is 0.323 e. The molecule has 1 amide bonds. The molecule has 5 nitrogen and oxygen atoms in total. The van der Waals surface area contributed by atoms with Crippen molar-refractivity contribution in [1.82, 2.24) is 4.90 Å². The predicted molar refractivity (Wildman–Crippen MR) is 73.4 cm³/mol. The highest BCUT2D eigenvalue weighted by Gasteiger charge is 2.36. The van der Waals surface area contributed by atoms with Crippen LogP contribution >= 0.6 is 0 Å². The number of methoxy groups -OCH3 is 1. The van der Waals surface area contributed by atoms with Crippen molar-refractivity contribution in [2.24, 2.45) is 11.7 Å². The normalized spacial score (nSPS) is 25.8. The lowest BCUT2D eigenvalue weighted by molar-refractivity contribution is -0.150. The van der Waals surface area contributed by atoms with Crippen LogP contribution in [0.25, 0.3) is 0 Å². The third-order valence-corrected chi connectivity index (χ3v) is 4.04. The van der Waals surface area contributed by atoms with Gasteiger partial charge in [0.1, 0.15) is 6.04 Å². The molecule has 0 bridgehead atoms. The SMILES string of the molecule is CCCCC(C(=O)OC)N1CC(C(N)=O)CCC1C. The fourth-order valence-electron chi connectivity index (χ4n) is 2.75. The van der Waals surface area contributed by atoms with E-state index in [1.54, 1.807) is 0 Å². The molecule has 0 aromatic heterocycles. The van der Waals surface area contributed by atoms with Crippen molar-refractivity contribution in [3.8, 4) is 0 Å². The summed E-state index contributed by atoms with van der Waals surface area (Å²) in [6.07, 6.45) is 4.50. The number of hydrogen-bond donors (Lipinski definition) is 1. The van der Waals surface area contributed by atoms with E-state index in [4.69, 9.17) is 10.5 Å². The minimum absolute atomic E-state index is 0.148. The maximum atomic E-state index is 12.0. The van der Waals surface area contributed by atoms with E-state index in [9.17, 15) is 9.59 Å². The van der Waals surface area contributed by atoms with Gasteiger partial charge in [-0.15, -0.1) is 0 Å². The van der Waals surface area contributed by atoms with Gasteiger partial charge >= 0.3 is 5.97 Å². The maximum Gasteiger partial charge on any atom is 0.323 e. The standard InChI is InChI=1S/C14H26N2O3/c1-4-5-6-12(14(18)19-3)16-9-11(13(15)17)8-7-10(16)2/h10-12H,4-9H2,1-3H3,(H2,15,17). The topological polar surface area (TPSA) is 72.6 Å². The first-order chi connectivity index (χ1) is 9.01. The Bertz CT molecular complexity index is 320. The highest BCUT2D eigenvalue weighted by molar-refractivity contribution is 5.78. The van der Waals surface area contributed by atoms with Crippen LogP contribution in [0.1, 0.15) is 46.0 Å². The number of esters is 1. The highest BCUT2D eigenvalue weighted by Crippen LogP contribution is 2.26. The van der Waals surface area contributed by atoms with Gasteiger partial charge in [0.25, 0.3) is 0 Å². The first kappa shape index (κ1) is 16.0. The number of likely N-dealkylation sites (tertiary alicyclic amines) is 1. The Balaban J connectivity index is 2.78. The maximum absolute atomic E-state index is 12.0. The Morgan fingerprint density at radius 1 is 1.42 bits per heavy atom. The summed E-state index contributed by atoms with van der Waals surface area (Å²) in [5.74, 6) is -0.619. The van der Waals surface area contributed by atoms with Crippen LogP contribution in [0.2, 0.25) is 0 Å². The van der Waals surface area contributed by atoms with Crippen molar-refractivity contribution < 1.29 is 14.3 Å². The van der Waals surface area contributed by atoms with E-state index in [-0.39, 0.29) is 29.9 Å². The van der Waals surface area contributed by atoms with Gasteiger partial charge in [-0.25, -0.2) is 0 Å². The molecule has 1 aliphatic heterocycles. The van der Waals surface area contributed by atoms with Gasteiger partial charge in [-0.3, -0.25) is 14.5 Å². The molecular formula is C14H26N2O3. The molecule has 3 atom stereocenters. The zero-order chi connectivity index (χ0) is 14.4. The Hall–Kier alpha value is -1.10. The van der Waals surface area contributed by atoms with Gasteiger partial charge in [-0.2, -0.15) is 0 Å². The molecule has 2 N–H and O–H groups in total. The number of piperidine rings is 1. The number of carbonyl (C=O) groups is 2. The number of hydrogen-bond acceptors (Lipinski definition) is 4. The van der Waals surface area contributed by atoms with Crippen molar-refractivity contribution in [2.75, 3.05) is 13.7 Å². The molecule has 1 rings (SSSR count). The van der Waals surface area contributed by atoms with E-state index < -0.39 is 0 Å². The lowest BCUT2D eigenvalue weighted by Crippen LogP contribution is -2.53. The minimum atomic E-state index is -0.268. The van der Waals surface area contributed by atoms with Crippen LogP contribution in [0.5, 0.6) is 0 Å². The summed E-state index contributed by atoms with van der Waals surface area (Å²) in [6.45, 7) is 4.76. The number of rotatable bonds is 6. The highest BCUT2D eigenvalue weighted by atomic mass is 16.5. The molecule has 19 heavy (non-hydrogen) atoms. The van der Waals surface area contributed by atoms with Gasteiger partial charge in [0, 0.05) is 12.6 Å². The van der Waals surface area contributed by atoms with Gasteiger partial charge in [0.2, 0.25) is 5.91 Å². The zero-order valence-corrected chi connectivity index (χ0v) is 12.2. The second-order valence-electron chi connectivity index (χ2n) is 5.40.